The molecule has 3 aromatic rings. The molecule has 1 aromatic heterocycles. The van der Waals surface area contributed by atoms with Gasteiger partial charge in [0.1, 0.15) is 22.8 Å². The standard InChI is InChI=1S/C20H14F4N2O5/c1-29-18(27)15-16(13-10-11(21)8-9-14(13)31-20(22,23)24)25-26(17(15)19(28)30-2)12-6-4-3-5-7-12/h3-10H,1-2H3. The number of nitrogens with zero attached hydrogens (tertiary/aromatic N) is 2. The Balaban J connectivity index is 2.39. The maximum Gasteiger partial charge on any atom is 0.573 e. The Morgan fingerprint density at radius 2 is 1.61 bits per heavy atom. The minimum absolute atomic E-state index is 0.286. The summed E-state index contributed by atoms with van der Waals surface area (Å²) in [5, 5.41) is 4.12. The first-order valence-electron chi connectivity index (χ1n) is 8.57. The van der Waals surface area contributed by atoms with Gasteiger partial charge in [0.2, 0.25) is 0 Å². The summed E-state index contributed by atoms with van der Waals surface area (Å²) in [5.74, 6) is -3.86. The van der Waals surface area contributed by atoms with Crippen molar-refractivity contribution >= 4 is 11.9 Å². The summed E-state index contributed by atoms with van der Waals surface area (Å²) in [4.78, 5) is 25.0. The van der Waals surface area contributed by atoms with Crippen molar-refractivity contribution in [2.75, 3.05) is 14.2 Å². The first-order valence-corrected chi connectivity index (χ1v) is 8.57. The summed E-state index contributed by atoms with van der Waals surface area (Å²) in [5.41, 5.74) is -1.63. The lowest BCUT2D eigenvalue weighted by atomic mass is 10.0. The summed E-state index contributed by atoms with van der Waals surface area (Å²) in [7, 11) is 2.05. The SMILES string of the molecule is COC(=O)c1c(-c2cc(F)ccc2OC(F)(F)F)nn(-c2ccccc2)c1C(=O)OC. The van der Waals surface area contributed by atoms with Crippen molar-refractivity contribution in [2.45, 2.75) is 6.36 Å². The number of para-hydroxylation sites is 1. The summed E-state index contributed by atoms with van der Waals surface area (Å²) in [6, 6.07) is 10.1. The fraction of sp³-hybridized carbons (Fsp3) is 0.150. The number of aromatic nitrogens is 2. The third kappa shape index (κ3) is 4.49. The van der Waals surface area contributed by atoms with E-state index in [0.717, 1.165) is 31.0 Å². The molecule has 0 unspecified atom stereocenters. The molecule has 0 aliphatic heterocycles. The van der Waals surface area contributed by atoms with Crippen LogP contribution in [0.5, 0.6) is 5.75 Å². The first-order chi connectivity index (χ1) is 14.7. The van der Waals surface area contributed by atoms with Gasteiger partial charge in [0, 0.05) is 5.56 Å². The Bertz CT molecular complexity index is 1130. The van der Waals surface area contributed by atoms with Gasteiger partial charge in [0.25, 0.3) is 0 Å². The number of rotatable bonds is 5. The van der Waals surface area contributed by atoms with Crippen molar-refractivity contribution in [2.24, 2.45) is 0 Å². The molecule has 0 aliphatic rings. The molecule has 0 spiro atoms. The van der Waals surface area contributed by atoms with Gasteiger partial charge in [0.15, 0.2) is 5.69 Å². The molecule has 0 fully saturated rings. The number of hydrogen-bond acceptors (Lipinski definition) is 6. The molecule has 3 rings (SSSR count). The summed E-state index contributed by atoms with van der Waals surface area (Å²) in [6.45, 7) is 0. The Hall–Kier alpha value is -3.89. The summed E-state index contributed by atoms with van der Waals surface area (Å²) in [6.07, 6.45) is -5.11. The molecule has 31 heavy (non-hydrogen) atoms. The van der Waals surface area contributed by atoms with Crippen LogP contribution >= 0.6 is 0 Å². The Kier molecular flexibility index (Phi) is 5.95. The van der Waals surface area contributed by atoms with Crippen LogP contribution < -0.4 is 4.74 Å². The molecule has 0 saturated carbocycles. The lowest BCUT2D eigenvalue weighted by Crippen LogP contribution is -2.18. The number of benzene rings is 2. The van der Waals surface area contributed by atoms with Crippen molar-refractivity contribution in [3.05, 3.63) is 65.6 Å². The molecular weight excluding hydrogens is 424 g/mol. The maximum atomic E-state index is 14.0. The molecule has 0 N–H and O–H groups in total. The van der Waals surface area contributed by atoms with E-state index in [2.05, 4.69) is 9.84 Å². The minimum Gasteiger partial charge on any atom is -0.465 e. The number of ether oxygens (including phenoxy) is 3. The molecule has 0 amide bonds. The highest BCUT2D eigenvalue weighted by atomic mass is 19.4. The molecule has 2 aromatic carbocycles. The number of esters is 2. The molecule has 7 nitrogen and oxygen atoms in total. The highest BCUT2D eigenvalue weighted by Crippen LogP contribution is 2.37. The highest BCUT2D eigenvalue weighted by molar-refractivity contribution is 6.07. The van der Waals surface area contributed by atoms with Gasteiger partial charge in [-0.15, -0.1) is 13.2 Å². The second-order valence-electron chi connectivity index (χ2n) is 5.99. The predicted octanol–water partition coefficient (Wildman–Crippen LogP) is 4.15. The van der Waals surface area contributed by atoms with E-state index in [9.17, 15) is 27.2 Å². The van der Waals surface area contributed by atoms with Gasteiger partial charge in [-0.1, -0.05) is 18.2 Å². The van der Waals surface area contributed by atoms with E-state index in [1.54, 1.807) is 18.2 Å². The molecule has 1 heterocycles. The van der Waals surface area contributed by atoms with Gasteiger partial charge in [-0.3, -0.25) is 0 Å². The zero-order valence-electron chi connectivity index (χ0n) is 16.1. The van der Waals surface area contributed by atoms with E-state index < -0.39 is 52.4 Å². The van der Waals surface area contributed by atoms with Crippen LogP contribution in [0.4, 0.5) is 17.6 Å². The zero-order valence-corrected chi connectivity index (χ0v) is 16.1. The second-order valence-corrected chi connectivity index (χ2v) is 5.99. The smallest absolute Gasteiger partial charge is 0.465 e. The number of alkyl halides is 3. The third-order valence-electron chi connectivity index (χ3n) is 4.08. The molecule has 0 aliphatic carbocycles. The number of hydrogen-bond donors (Lipinski definition) is 0. The van der Waals surface area contributed by atoms with Crippen LogP contribution in [0, 0.1) is 5.82 Å². The normalized spacial score (nSPS) is 11.2. The van der Waals surface area contributed by atoms with E-state index >= 15 is 0 Å². The largest absolute Gasteiger partial charge is 0.573 e. The van der Waals surface area contributed by atoms with E-state index in [4.69, 9.17) is 9.47 Å². The van der Waals surface area contributed by atoms with Crippen LogP contribution in [-0.2, 0) is 9.47 Å². The quantitative estimate of drug-likeness (QED) is 0.440. The van der Waals surface area contributed by atoms with E-state index in [0.29, 0.717) is 6.07 Å². The molecule has 0 bridgehead atoms. The maximum absolute atomic E-state index is 14.0. The van der Waals surface area contributed by atoms with Gasteiger partial charge in [-0.25, -0.2) is 18.7 Å². The second kappa shape index (κ2) is 8.46. The van der Waals surface area contributed by atoms with Gasteiger partial charge in [-0.2, -0.15) is 5.10 Å². The van der Waals surface area contributed by atoms with Crippen molar-refractivity contribution in [1.82, 2.24) is 9.78 Å². The lowest BCUT2D eigenvalue weighted by molar-refractivity contribution is -0.274. The molecule has 0 saturated heterocycles. The van der Waals surface area contributed by atoms with Crippen LogP contribution in [0.15, 0.2) is 48.5 Å². The fourth-order valence-electron chi connectivity index (χ4n) is 2.84. The zero-order chi connectivity index (χ0) is 22.8. The molecule has 0 atom stereocenters. The molecule has 11 heteroatoms. The van der Waals surface area contributed by atoms with Crippen molar-refractivity contribution < 1.29 is 41.4 Å². The average Bonchev–Trinajstić information content (AvgIpc) is 3.14. The number of methoxy groups -OCH3 is 2. The lowest BCUT2D eigenvalue weighted by Gasteiger charge is -2.13. The fourth-order valence-corrected chi connectivity index (χ4v) is 2.84. The van der Waals surface area contributed by atoms with Crippen LogP contribution in [0.25, 0.3) is 16.9 Å². The number of carbonyl (C=O) groups excluding carboxylic acids is 2. The van der Waals surface area contributed by atoms with Crippen molar-refractivity contribution in [3.8, 4) is 22.7 Å². The average molecular weight is 438 g/mol. The van der Waals surface area contributed by atoms with Crippen LogP contribution in [0.3, 0.4) is 0 Å². The van der Waals surface area contributed by atoms with Gasteiger partial charge in [0.05, 0.1) is 19.9 Å². The van der Waals surface area contributed by atoms with E-state index in [1.807, 2.05) is 0 Å². The van der Waals surface area contributed by atoms with Crippen LogP contribution in [-0.4, -0.2) is 42.3 Å². The van der Waals surface area contributed by atoms with Crippen LogP contribution in [0.2, 0.25) is 0 Å². The summed E-state index contributed by atoms with van der Waals surface area (Å²) < 4.78 is 67.0. The summed E-state index contributed by atoms with van der Waals surface area (Å²) >= 11 is 0. The Labute approximate surface area is 172 Å². The van der Waals surface area contributed by atoms with Crippen molar-refractivity contribution in [3.63, 3.8) is 0 Å². The number of halogens is 4. The topological polar surface area (TPSA) is 79.7 Å². The van der Waals surface area contributed by atoms with E-state index in [1.165, 1.54) is 12.1 Å². The Morgan fingerprint density at radius 1 is 0.968 bits per heavy atom. The minimum atomic E-state index is -5.11. The van der Waals surface area contributed by atoms with Gasteiger partial charge < -0.3 is 14.2 Å². The van der Waals surface area contributed by atoms with Crippen LogP contribution in [0.1, 0.15) is 20.8 Å². The van der Waals surface area contributed by atoms with Gasteiger partial charge >= 0.3 is 18.3 Å². The molecular formula is C20H14F4N2O5. The first kappa shape index (κ1) is 21.8. The molecule has 0 radical (unpaired) electrons. The number of carbonyl (C=O) groups is 2. The Morgan fingerprint density at radius 3 is 2.19 bits per heavy atom. The predicted molar refractivity (Wildman–Crippen MR) is 98.3 cm³/mol. The highest BCUT2D eigenvalue weighted by Gasteiger charge is 2.36. The van der Waals surface area contributed by atoms with E-state index in [-0.39, 0.29) is 5.69 Å². The monoisotopic (exact) mass is 438 g/mol. The van der Waals surface area contributed by atoms with Crippen molar-refractivity contribution in [1.29, 1.82) is 0 Å². The third-order valence-corrected chi connectivity index (χ3v) is 4.08. The molecule has 162 valence electrons. The van der Waals surface area contributed by atoms with Gasteiger partial charge in [-0.05, 0) is 30.3 Å².